The molecule has 3 rings (SSSR count). The van der Waals surface area contributed by atoms with Crippen LogP contribution in [0.2, 0.25) is 0 Å². The van der Waals surface area contributed by atoms with Crippen LogP contribution in [0.25, 0.3) is 11.0 Å². The molecule has 1 heterocycles. The van der Waals surface area contributed by atoms with Crippen LogP contribution in [0.5, 0.6) is 5.75 Å². The second-order valence-corrected chi connectivity index (χ2v) is 5.79. The zero-order valence-corrected chi connectivity index (χ0v) is 12.3. The number of benzene rings is 1. The van der Waals surface area contributed by atoms with Crippen molar-refractivity contribution < 1.29 is 9.15 Å². The lowest BCUT2D eigenvalue weighted by Crippen LogP contribution is -2.16. The summed E-state index contributed by atoms with van der Waals surface area (Å²) >= 11 is 0. The molecule has 0 N–H and O–H groups in total. The van der Waals surface area contributed by atoms with E-state index in [9.17, 15) is 4.79 Å². The minimum absolute atomic E-state index is 0.107. The van der Waals surface area contributed by atoms with Crippen molar-refractivity contribution in [3.05, 3.63) is 39.2 Å². The first-order chi connectivity index (χ1) is 9.58. The molecule has 0 bridgehead atoms. The Labute approximate surface area is 118 Å². The van der Waals surface area contributed by atoms with Crippen molar-refractivity contribution in [2.45, 2.75) is 52.6 Å². The van der Waals surface area contributed by atoms with E-state index < -0.39 is 0 Å². The van der Waals surface area contributed by atoms with Gasteiger partial charge in [0, 0.05) is 16.5 Å². The lowest BCUT2D eigenvalue weighted by atomic mass is 9.90. The van der Waals surface area contributed by atoms with E-state index in [1.165, 1.54) is 5.56 Å². The van der Waals surface area contributed by atoms with Crippen LogP contribution in [0.4, 0.5) is 0 Å². The summed E-state index contributed by atoms with van der Waals surface area (Å²) in [4.78, 5) is 12.2. The van der Waals surface area contributed by atoms with Gasteiger partial charge in [-0.1, -0.05) is 0 Å². The number of ether oxygens (including phenoxy) is 1. The quantitative estimate of drug-likeness (QED) is 0.781. The molecule has 1 aliphatic carbocycles. The Bertz CT molecular complexity index is 710. The SMILES string of the molecule is Cc1c(OC(C)C)ccc2c3c(c(=O)oc12)CCCC3. The molecule has 106 valence electrons. The van der Waals surface area contributed by atoms with Gasteiger partial charge < -0.3 is 9.15 Å². The third kappa shape index (κ3) is 2.11. The van der Waals surface area contributed by atoms with Crippen LogP contribution in [-0.4, -0.2) is 6.10 Å². The summed E-state index contributed by atoms with van der Waals surface area (Å²) in [5.74, 6) is 0.798. The maximum atomic E-state index is 12.2. The second kappa shape index (κ2) is 4.97. The van der Waals surface area contributed by atoms with Gasteiger partial charge >= 0.3 is 5.63 Å². The number of hydrogen-bond acceptors (Lipinski definition) is 3. The molecule has 0 unspecified atom stereocenters. The van der Waals surface area contributed by atoms with E-state index in [0.717, 1.165) is 47.9 Å². The minimum Gasteiger partial charge on any atom is -0.491 e. The molecule has 0 aliphatic heterocycles. The normalized spacial score (nSPS) is 14.6. The Morgan fingerprint density at radius 2 is 1.85 bits per heavy atom. The molecule has 20 heavy (non-hydrogen) atoms. The fourth-order valence-corrected chi connectivity index (χ4v) is 3.01. The Hall–Kier alpha value is -1.77. The van der Waals surface area contributed by atoms with Gasteiger partial charge in [0.25, 0.3) is 0 Å². The molecule has 3 nitrogen and oxygen atoms in total. The Balaban J connectivity index is 2.26. The molecule has 0 fully saturated rings. The lowest BCUT2D eigenvalue weighted by Gasteiger charge is -2.18. The highest BCUT2D eigenvalue weighted by atomic mass is 16.5. The van der Waals surface area contributed by atoms with Crippen LogP contribution >= 0.6 is 0 Å². The predicted octanol–water partition coefficient (Wildman–Crippen LogP) is 3.77. The number of aryl methyl sites for hydroxylation is 2. The molecule has 0 amide bonds. The third-order valence-corrected chi connectivity index (χ3v) is 3.95. The maximum absolute atomic E-state index is 12.2. The van der Waals surface area contributed by atoms with E-state index in [1.807, 2.05) is 32.9 Å². The van der Waals surface area contributed by atoms with E-state index in [1.54, 1.807) is 0 Å². The van der Waals surface area contributed by atoms with Crippen LogP contribution in [0, 0.1) is 6.92 Å². The van der Waals surface area contributed by atoms with Crippen molar-refractivity contribution in [3.63, 3.8) is 0 Å². The van der Waals surface area contributed by atoms with Crippen LogP contribution < -0.4 is 10.4 Å². The average Bonchev–Trinajstić information content (AvgIpc) is 2.43. The smallest absolute Gasteiger partial charge is 0.339 e. The predicted molar refractivity (Wildman–Crippen MR) is 79.6 cm³/mol. The fraction of sp³-hybridized carbons (Fsp3) is 0.471. The summed E-state index contributed by atoms with van der Waals surface area (Å²) in [6.45, 7) is 5.94. The zero-order valence-electron chi connectivity index (χ0n) is 12.3. The summed E-state index contributed by atoms with van der Waals surface area (Å²) in [5, 5.41) is 1.08. The molecular weight excluding hydrogens is 252 g/mol. The third-order valence-electron chi connectivity index (χ3n) is 3.95. The van der Waals surface area contributed by atoms with Gasteiger partial charge in [-0.15, -0.1) is 0 Å². The Morgan fingerprint density at radius 3 is 2.55 bits per heavy atom. The van der Waals surface area contributed by atoms with E-state index in [4.69, 9.17) is 9.15 Å². The largest absolute Gasteiger partial charge is 0.491 e. The van der Waals surface area contributed by atoms with Crippen LogP contribution in [0.15, 0.2) is 21.3 Å². The molecule has 1 aliphatic rings. The van der Waals surface area contributed by atoms with Crippen molar-refractivity contribution in [1.82, 2.24) is 0 Å². The average molecular weight is 272 g/mol. The van der Waals surface area contributed by atoms with E-state index in [0.29, 0.717) is 5.58 Å². The van der Waals surface area contributed by atoms with Gasteiger partial charge in [0.2, 0.25) is 0 Å². The summed E-state index contributed by atoms with van der Waals surface area (Å²) < 4.78 is 11.4. The first-order valence-electron chi connectivity index (χ1n) is 7.32. The van der Waals surface area contributed by atoms with Crippen LogP contribution in [-0.2, 0) is 12.8 Å². The van der Waals surface area contributed by atoms with Gasteiger partial charge in [0.15, 0.2) is 0 Å². The maximum Gasteiger partial charge on any atom is 0.339 e. The highest BCUT2D eigenvalue weighted by molar-refractivity contribution is 5.86. The van der Waals surface area contributed by atoms with E-state index in [-0.39, 0.29) is 11.7 Å². The first-order valence-corrected chi connectivity index (χ1v) is 7.32. The molecule has 2 aromatic rings. The number of rotatable bonds is 2. The first kappa shape index (κ1) is 13.2. The molecule has 0 saturated carbocycles. The number of hydrogen-bond donors (Lipinski definition) is 0. The Kier molecular flexibility index (Phi) is 3.28. The summed E-state index contributed by atoms with van der Waals surface area (Å²) in [5.41, 5.74) is 3.50. The minimum atomic E-state index is -0.169. The highest BCUT2D eigenvalue weighted by Crippen LogP contribution is 2.32. The van der Waals surface area contributed by atoms with E-state index >= 15 is 0 Å². The summed E-state index contributed by atoms with van der Waals surface area (Å²) in [6, 6.07) is 4.03. The van der Waals surface area contributed by atoms with Crippen molar-refractivity contribution in [2.24, 2.45) is 0 Å². The fourth-order valence-electron chi connectivity index (χ4n) is 3.01. The van der Waals surface area contributed by atoms with Crippen molar-refractivity contribution in [1.29, 1.82) is 0 Å². The number of fused-ring (bicyclic) bond motifs is 3. The van der Waals surface area contributed by atoms with Gasteiger partial charge in [-0.05, 0) is 64.2 Å². The van der Waals surface area contributed by atoms with Gasteiger partial charge in [-0.25, -0.2) is 4.79 Å². The molecule has 0 spiro atoms. The second-order valence-electron chi connectivity index (χ2n) is 5.79. The molecule has 3 heteroatoms. The molecule has 1 aromatic heterocycles. The summed E-state index contributed by atoms with van der Waals surface area (Å²) in [6.07, 6.45) is 4.15. The Morgan fingerprint density at radius 1 is 1.15 bits per heavy atom. The lowest BCUT2D eigenvalue weighted by molar-refractivity contribution is 0.241. The van der Waals surface area contributed by atoms with E-state index in [2.05, 4.69) is 0 Å². The topological polar surface area (TPSA) is 39.4 Å². The monoisotopic (exact) mass is 272 g/mol. The molecule has 0 radical (unpaired) electrons. The van der Waals surface area contributed by atoms with Gasteiger partial charge in [0.05, 0.1) is 6.10 Å². The van der Waals surface area contributed by atoms with Crippen molar-refractivity contribution >= 4 is 11.0 Å². The molecule has 0 saturated heterocycles. The van der Waals surface area contributed by atoms with Crippen LogP contribution in [0.3, 0.4) is 0 Å². The highest BCUT2D eigenvalue weighted by Gasteiger charge is 2.20. The van der Waals surface area contributed by atoms with Gasteiger partial charge in [0.1, 0.15) is 11.3 Å². The van der Waals surface area contributed by atoms with Crippen LogP contribution in [0.1, 0.15) is 43.4 Å². The molecule has 0 atom stereocenters. The van der Waals surface area contributed by atoms with Crippen molar-refractivity contribution in [2.75, 3.05) is 0 Å². The van der Waals surface area contributed by atoms with Gasteiger partial charge in [-0.3, -0.25) is 0 Å². The van der Waals surface area contributed by atoms with Gasteiger partial charge in [-0.2, -0.15) is 0 Å². The standard InChI is InChI=1S/C17H20O3/c1-10(2)19-15-9-8-13-12-6-4-5-7-14(12)17(18)20-16(13)11(15)3/h8-10H,4-7H2,1-3H3. The summed E-state index contributed by atoms with van der Waals surface area (Å²) in [7, 11) is 0. The van der Waals surface area contributed by atoms with Crippen molar-refractivity contribution in [3.8, 4) is 5.75 Å². The zero-order chi connectivity index (χ0) is 14.3. The molecular formula is C17H20O3. The molecule has 1 aromatic carbocycles.